The van der Waals surface area contributed by atoms with Crippen LogP contribution in [0.1, 0.15) is 17.0 Å². The van der Waals surface area contributed by atoms with Gasteiger partial charge in [0.25, 0.3) is 0 Å². The third-order valence-electron chi connectivity index (χ3n) is 4.16. The van der Waals surface area contributed by atoms with Gasteiger partial charge in [0, 0.05) is 30.9 Å². The van der Waals surface area contributed by atoms with Gasteiger partial charge in [0.15, 0.2) is 0 Å². The molecule has 23 heavy (non-hydrogen) atoms. The number of ether oxygens (including phenoxy) is 1. The number of aromatic nitrogens is 2. The van der Waals surface area contributed by atoms with Crippen molar-refractivity contribution in [3.05, 3.63) is 47.3 Å². The highest BCUT2D eigenvalue weighted by molar-refractivity contribution is 5.74. The van der Waals surface area contributed by atoms with Crippen molar-refractivity contribution in [2.45, 2.75) is 20.4 Å². The van der Waals surface area contributed by atoms with Crippen LogP contribution in [0.4, 0.5) is 4.79 Å². The molecule has 6 heteroatoms. The zero-order valence-corrected chi connectivity index (χ0v) is 13.6. The van der Waals surface area contributed by atoms with Crippen LogP contribution >= 0.6 is 0 Å². The summed E-state index contributed by atoms with van der Waals surface area (Å²) in [6.07, 6.45) is 0. The van der Waals surface area contributed by atoms with E-state index in [1.807, 2.05) is 48.9 Å². The molecule has 1 N–H and O–H groups in total. The number of aryl methyl sites for hydroxylation is 1. The Bertz CT molecular complexity index is 675. The predicted molar refractivity (Wildman–Crippen MR) is 87.7 cm³/mol. The summed E-state index contributed by atoms with van der Waals surface area (Å²) in [5.41, 5.74) is 4.08. The van der Waals surface area contributed by atoms with Crippen LogP contribution in [-0.4, -0.2) is 47.0 Å². The molecule has 1 aromatic heterocycles. The highest BCUT2D eigenvalue weighted by Gasteiger charge is 2.18. The number of rotatable bonds is 3. The predicted octanol–water partition coefficient (Wildman–Crippen LogP) is 2.03. The van der Waals surface area contributed by atoms with Crippen LogP contribution in [0.3, 0.4) is 0 Å². The second kappa shape index (κ2) is 6.83. The molecule has 1 aliphatic rings. The van der Waals surface area contributed by atoms with Crippen LogP contribution in [0.2, 0.25) is 0 Å². The number of morpholine rings is 1. The Morgan fingerprint density at radius 3 is 2.61 bits per heavy atom. The normalized spacial score (nSPS) is 14.8. The first-order chi connectivity index (χ1) is 11.2. The second-order valence-electron chi connectivity index (χ2n) is 5.65. The Morgan fingerprint density at radius 2 is 1.91 bits per heavy atom. The van der Waals surface area contributed by atoms with Crippen LogP contribution < -0.4 is 5.32 Å². The Kier molecular flexibility index (Phi) is 4.62. The molecule has 1 aromatic carbocycles. The number of urea groups is 1. The van der Waals surface area contributed by atoms with E-state index in [4.69, 9.17) is 4.74 Å². The summed E-state index contributed by atoms with van der Waals surface area (Å²) < 4.78 is 7.19. The maximum Gasteiger partial charge on any atom is 0.317 e. The molecule has 0 radical (unpaired) electrons. The van der Waals surface area contributed by atoms with Crippen molar-refractivity contribution in [3.63, 3.8) is 0 Å². The summed E-state index contributed by atoms with van der Waals surface area (Å²) in [7, 11) is 0. The topological polar surface area (TPSA) is 59.4 Å². The lowest BCUT2D eigenvalue weighted by atomic mass is 10.2. The molecule has 3 rings (SSSR count). The Hall–Kier alpha value is -2.34. The fourth-order valence-corrected chi connectivity index (χ4v) is 2.79. The van der Waals surface area contributed by atoms with Crippen molar-refractivity contribution in [3.8, 4) is 5.69 Å². The Morgan fingerprint density at radius 1 is 1.22 bits per heavy atom. The van der Waals surface area contributed by atoms with E-state index in [1.54, 1.807) is 4.90 Å². The summed E-state index contributed by atoms with van der Waals surface area (Å²) in [6.45, 7) is 7.00. The first-order valence-electron chi connectivity index (χ1n) is 7.88. The summed E-state index contributed by atoms with van der Waals surface area (Å²) in [5, 5.41) is 7.60. The van der Waals surface area contributed by atoms with Crippen LogP contribution in [0.25, 0.3) is 5.69 Å². The molecule has 0 atom stereocenters. The average molecular weight is 314 g/mol. The van der Waals surface area contributed by atoms with Crippen molar-refractivity contribution in [1.82, 2.24) is 20.0 Å². The lowest BCUT2D eigenvalue weighted by Crippen LogP contribution is -2.46. The van der Waals surface area contributed by atoms with Gasteiger partial charge in [-0.2, -0.15) is 5.10 Å². The molecule has 2 aromatic rings. The van der Waals surface area contributed by atoms with Gasteiger partial charge in [-0.15, -0.1) is 0 Å². The number of hydrogen-bond donors (Lipinski definition) is 1. The van der Waals surface area contributed by atoms with Crippen molar-refractivity contribution in [2.24, 2.45) is 0 Å². The standard InChI is InChI=1S/C17H22N4O2/c1-13-16(12-18-17(22)20-8-10-23-11-9-20)14(2)21(19-13)15-6-4-3-5-7-15/h3-7H,8-12H2,1-2H3,(H,18,22). The third-order valence-corrected chi connectivity index (χ3v) is 4.16. The number of carbonyl (C=O) groups excluding carboxylic acids is 1. The van der Waals surface area contributed by atoms with E-state index < -0.39 is 0 Å². The minimum Gasteiger partial charge on any atom is -0.378 e. The van der Waals surface area contributed by atoms with Crippen LogP contribution in [-0.2, 0) is 11.3 Å². The van der Waals surface area contributed by atoms with Gasteiger partial charge >= 0.3 is 6.03 Å². The quantitative estimate of drug-likeness (QED) is 0.943. The SMILES string of the molecule is Cc1nn(-c2ccccc2)c(C)c1CNC(=O)N1CCOCC1. The zero-order chi connectivity index (χ0) is 16.2. The van der Waals surface area contributed by atoms with E-state index in [9.17, 15) is 4.79 Å². The summed E-state index contributed by atoms with van der Waals surface area (Å²) in [5.74, 6) is 0. The molecule has 0 spiro atoms. The van der Waals surface area contributed by atoms with Crippen molar-refractivity contribution in [2.75, 3.05) is 26.3 Å². The molecule has 122 valence electrons. The molecule has 0 saturated carbocycles. The van der Waals surface area contributed by atoms with E-state index in [2.05, 4.69) is 10.4 Å². The molecule has 6 nitrogen and oxygen atoms in total. The third kappa shape index (κ3) is 3.37. The summed E-state index contributed by atoms with van der Waals surface area (Å²) in [6, 6.07) is 9.97. The maximum absolute atomic E-state index is 12.2. The molecule has 1 aliphatic heterocycles. The Labute approximate surface area is 136 Å². The molecular formula is C17H22N4O2. The van der Waals surface area contributed by atoms with Crippen LogP contribution in [0.5, 0.6) is 0 Å². The van der Waals surface area contributed by atoms with Crippen LogP contribution in [0, 0.1) is 13.8 Å². The molecule has 2 heterocycles. The highest BCUT2D eigenvalue weighted by Crippen LogP contribution is 2.17. The molecule has 2 amide bonds. The smallest absolute Gasteiger partial charge is 0.317 e. The summed E-state index contributed by atoms with van der Waals surface area (Å²) in [4.78, 5) is 14.0. The number of hydrogen-bond acceptors (Lipinski definition) is 3. The molecule has 0 aliphatic carbocycles. The number of para-hydroxylation sites is 1. The molecule has 1 fully saturated rings. The maximum atomic E-state index is 12.2. The second-order valence-corrected chi connectivity index (χ2v) is 5.65. The van der Waals surface area contributed by atoms with E-state index in [0.717, 1.165) is 22.6 Å². The minimum atomic E-state index is -0.0421. The molecule has 0 unspecified atom stereocenters. The van der Waals surface area contributed by atoms with Gasteiger partial charge in [-0.3, -0.25) is 0 Å². The largest absolute Gasteiger partial charge is 0.378 e. The Balaban J connectivity index is 1.71. The van der Waals surface area contributed by atoms with E-state index >= 15 is 0 Å². The van der Waals surface area contributed by atoms with Crippen molar-refractivity contribution < 1.29 is 9.53 Å². The number of benzene rings is 1. The van der Waals surface area contributed by atoms with E-state index in [-0.39, 0.29) is 6.03 Å². The first-order valence-corrected chi connectivity index (χ1v) is 7.88. The van der Waals surface area contributed by atoms with Gasteiger partial charge in [0.1, 0.15) is 0 Å². The van der Waals surface area contributed by atoms with Gasteiger partial charge in [-0.25, -0.2) is 9.48 Å². The lowest BCUT2D eigenvalue weighted by Gasteiger charge is -2.26. The fraction of sp³-hybridized carbons (Fsp3) is 0.412. The van der Waals surface area contributed by atoms with E-state index in [1.165, 1.54) is 0 Å². The summed E-state index contributed by atoms with van der Waals surface area (Å²) >= 11 is 0. The molecular weight excluding hydrogens is 292 g/mol. The number of carbonyl (C=O) groups is 1. The minimum absolute atomic E-state index is 0.0421. The van der Waals surface area contributed by atoms with Gasteiger partial charge in [-0.05, 0) is 26.0 Å². The number of nitrogens with one attached hydrogen (secondary N) is 1. The highest BCUT2D eigenvalue weighted by atomic mass is 16.5. The van der Waals surface area contributed by atoms with Crippen molar-refractivity contribution >= 4 is 6.03 Å². The fourth-order valence-electron chi connectivity index (χ4n) is 2.79. The monoisotopic (exact) mass is 314 g/mol. The van der Waals surface area contributed by atoms with Gasteiger partial charge in [0.05, 0.1) is 24.6 Å². The van der Waals surface area contributed by atoms with Crippen molar-refractivity contribution in [1.29, 1.82) is 0 Å². The average Bonchev–Trinajstić information content (AvgIpc) is 2.88. The number of amides is 2. The van der Waals surface area contributed by atoms with Gasteiger partial charge in [-0.1, -0.05) is 18.2 Å². The van der Waals surface area contributed by atoms with E-state index in [0.29, 0.717) is 32.8 Å². The van der Waals surface area contributed by atoms with Gasteiger partial charge < -0.3 is 15.0 Å². The zero-order valence-electron chi connectivity index (χ0n) is 13.6. The van der Waals surface area contributed by atoms with Gasteiger partial charge in [0.2, 0.25) is 0 Å². The first kappa shape index (κ1) is 15.6. The number of nitrogens with zero attached hydrogens (tertiary/aromatic N) is 3. The lowest BCUT2D eigenvalue weighted by molar-refractivity contribution is 0.0531. The van der Waals surface area contributed by atoms with Crippen LogP contribution in [0.15, 0.2) is 30.3 Å². The molecule has 0 bridgehead atoms. The molecule has 1 saturated heterocycles.